The van der Waals surface area contributed by atoms with Crippen LogP contribution in [0, 0.1) is 0 Å². The maximum atomic E-state index is 14.4. The van der Waals surface area contributed by atoms with Gasteiger partial charge in [-0.3, -0.25) is 0 Å². The molecule has 0 radical (unpaired) electrons. The largest absolute Gasteiger partial charge is 0.499 e. The first-order chi connectivity index (χ1) is 6.77. The van der Waals surface area contributed by atoms with Crippen molar-refractivity contribution < 1.29 is 13.7 Å². The van der Waals surface area contributed by atoms with Gasteiger partial charge in [-0.15, -0.1) is 0 Å². The van der Waals surface area contributed by atoms with Gasteiger partial charge in [0.1, 0.15) is 0 Å². The van der Waals surface area contributed by atoms with Gasteiger partial charge in [-0.05, 0) is 40.7 Å². The van der Waals surface area contributed by atoms with Crippen LogP contribution in [0.5, 0.6) is 0 Å². The summed E-state index contributed by atoms with van der Waals surface area (Å²) >= 11 is 0. The lowest BCUT2D eigenvalue weighted by Crippen LogP contribution is -2.46. The molecule has 1 unspecified atom stereocenters. The summed E-state index contributed by atoms with van der Waals surface area (Å²) in [6.45, 7) is 8.79. The molecule has 3 nitrogen and oxygen atoms in total. The van der Waals surface area contributed by atoms with Crippen LogP contribution >= 0.6 is 0 Å². The van der Waals surface area contributed by atoms with Crippen molar-refractivity contribution in [1.29, 1.82) is 0 Å². The van der Waals surface area contributed by atoms with Gasteiger partial charge >= 0.3 is 7.12 Å². The van der Waals surface area contributed by atoms with Crippen molar-refractivity contribution in [2.75, 3.05) is 13.1 Å². The molecule has 0 spiro atoms. The van der Waals surface area contributed by atoms with Gasteiger partial charge in [-0.25, -0.2) is 4.39 Å². The molecule has 2 saturated heterocycles. The quantitative estimate of drug-likeness (QED) is 0.669. The third-order valence-corrected chi connectivity index (χ3v) is 3.81. The first-order valence-corrected chi connectivity index (χ1v) is 5.52. The van der Waals surface area contributed by atoms with Crippen LogP contribution in [0.4, 0.5) is 4.39 Å². The Balaban J connectivity index is 2.15. The standard InChI is InChI=1S/C10H19BFNO2/c1-8(2)9(3,4)15-11(14-8)10(12)5-6-13-7-10/h13H,5-7H2,1-4H3. The van der Waals surface area contributed by atoms with Crippen LogP contribution in [0.1, 0.15) is 34.1 Å². The van der Waals surface area contributed by atoms with Gasteiger partial charge in [-0.1, -0.05) is 0 Å². The highest BCUT2D eigenvalue weighted by atomic mass is 19.1. The van der Waals surface area contributed by atoms with Crippen LogP contribution in [-0.2, 0) is 9.31 Å². The second-order valence-electron chi connectivity index (χ2n) is 5.55. The molecule has 2 rings (SSSR count). The van der Waals surface area contributed by atoms with E-state index < -0.39 is 23.9 Å². The summed E-state index contributed by atoms with van der Waals surface area (Å²) in [5.41, 5.74) is -2.26. The average molecular weight is 215 g/mol. The molecule has 0 bridgehead atoms. The molecule has 2 fully saturated rings. The molecule has 2 aliphatic heterocycles. The minimum absolute atomic E-state index is 0.323. The van der Waals surface area contributed by atoms with E-state index in [0.29, 0.717) is 19.5 Å². The molecule has 2 heterocycles. The van der Waals surface area contributed by atoms with Gasteiger partial charge in [-0.2, -0.15) is 0 Å². The summed E-state index contributed by atoms with van der Waals surface area (Å²) in [6.07, 6.45) is 0.462. The predicted octanol–water partition coefficient (Wildman–Crippen LogP) is 1.32. The van der Waals surface area contributed by atoms with Gasteiger partial charge in [0.05, 0.1) is 11.2 Å². The molecule has 1 atom stereocenters. The Bertz CT molecular complexity index is 248. The topological polar surface area (TPSA) is 30.5 Å². The Morgan fingerprint density at radius 3 is 2.07 bits per heavy atom. The third-order valence-electron chi connectivity index (χ3n) is 3.81. The highest BCUT2D eigenvalue weighted by molar-refractivity contribution is 6.49. The molecule has 5 heteroatoms. The lowest BCUT2D eigenvalue weighted by atomic mass is 9.68. The Hall–Kier alpha value is -0.125. The summed E-state index contributed by atoms with van der Waals surface area (Å²) in [6, 6.07) is 0. The normalized spacial score (nSPS) is 38.6. The van der Waals surface area contributed by atoms with Crippen molar-refractivity contribution in [3.8, 4) is 0 Å². The molecule has 0 saturated carbocycles. The molecule has 0 aromatic carbocycles. The van der Waals surface area contributed by atoms with Crippen molar-refractivity contribution in [2.24, 2.45) is 0 Å². The summed E-state index contributed by atoms with van der Waals surface area (Å²) < 4.78 is 25.8. The van der Waals surface area contributed by atoms with Crippen LogP contribution in [0.2, 0.25) is 0 Å². The molecule has 0 aromatic rings. The lowest BCUT2D eigenvalue weighted by molar-refractivity contribution is 0.00578. The smallest absolute Gasteiger partial charge is 0.401 e. The Kier molecular flexibility index (Phi) is 2.41. The van der Waals surface area contributed by atoms with E-state index in [1.807, 2.05) is 27.7 Å². The van der Waals surface area contributed by atoms with E-state index in [-0.39, 0.29) is 0 Å². The minimum atomic E-state index is -1.37. The van der Waals surface area contributed by atoms with Gasteiger partial charge in [0.15, 0.2) is 5.57 Å². The molecule has 15 heavy (non-hydrogen) atoms. The van der Waals surface area contributed by atoms with Crippen LogP contribution in [0.3, 0.4) is 0 Å². The lowest BCUT2D eigenvalue weighted by Gasteiger charge is -2.32. The highest BCUT2D eigenvalue weighted by Gasteiger charge is 2.61. The van der Waals surface area contributed by atoms with E-state index in [0.717, 1.165) is 0 Å². The summed E-state index contributed by atoms with van der Waals surface area (Å²) in [5, 5.41) is 3.01. The van der Waals surface area contributed by atoms with Crippen molar-refractivity contribution in [3.63, 3.8) is 0 Å². The fourth-order valence-corrected chi connectivity index (χ4v) is 1.94. The van der Waals surface area contributed by atoms with Gasteiger partial charge < -0.3 is 14.6 Å². The number of alkyl halides is 1. The molecule has 0 aromatic heterocycles. The van der Waals surface area contributed by atoms with Crippen LogP contribution in [-0.4, -0.2) is 37.0 Å². The zero-order valence-corrected chi connectivity index (χ0v) is 9.89. The Morgan fingerprint density at radius 1 is 1.13 bits per heavy atom. The SMILES string of the molecule is CC1(C)OB(C2(F)CCNC2)OC1(C)C. The zero-order valence-electron chi connectivity index (χ0n) is 9.89. The second-order valence-corrected chi connectivity index (χ2v) is 5.55. The van der Waals surface area contributed by atoms with Gasteiger partial charge in [0.25, 0.3) is 0 Å². The van der Waals surface area contributed by atoms with E-state index in [9.17, 15) is 4.39 Å². The van der Waals surface area contributed by atoms with Gasteiger partial charge in [0.2, 0.25) is 0 Å². The Morgan fingerprint density at radius 2 is 1.67 bits per heavy atom. The summed E-state index contributed by atoms with van der Waals surface area (Å²) in [4.78, 5) is 0. The second kappa shape index (κ2) is 3.18. The Labute approximate surface area is 90.8 Å². The van der Waals surface area contributed by atoms with Crippen molar-refractivity contribution in [3.05, 3.63) is 0 Å². The van der Waals surface area contributed by atoms with E-state index in [1.165, 1.54) is 0 Å². The molecule has 0 aliphatic carbocycles. The highest BCUT2D eigenvalue weighted by Crippen LogP contribution is 2.41. The molecule has 86 valence electrons. The number of hydrogen-bond acceptors (Lipinski definition) is 3. The maximum Gasteiger partial charge on any atom is 0.499 e. The predicted molar refractivity (Wildman–Crippen MR) is 57.4 cm³/mol. The number of nitrogens with one attached hydrogen (secondary N) is 1. The molecule has 0 amide bonds. The van der Waals surface area contributed by atoms with E-state index in [2.05, 4.69) is 5.32 Å². The molecule has 2 aliphatic rings. The molecule has 1 N–H and O–H groups in total. The van der Waals surface area contributed by atoms with E-state index >= 15 is 0 Å². The van der Waals surface area contributed by atoms with Gasteiger partial charge in [0, 0.05) is 6.54 Å². The number of halogens is 1. The summed E-state index contributed by atoms with van der Waals surface area (Å²) in [5.74, 6) is 0. The first-order valence-electron chi connectivity index (χ1n) is 5.52. The summed E-state index contributed by atoms with van der Waals surface area (Å²) in [7, 11) is -0.738. The van der Waals surface area contributed by atoms with Crippen molar-refractivity contribution in [1.82, 2.24) is 5.32 Å². The monoisotopic (exact) mass is 215 g/mol. The molecular formula is C10H19BFNO2. The van der Waals surface area contributed by atoms with Crippen LogP contribution < -0.4 is 5.32 Å². The van der Waals surface area contributed by atoms with Crippen LogP contribution in [0.15, 0.2) is 0 Å². The fourth-order valence-electron chi connectivity index (χ4n) is 1.94. The fraction of sp³-hybridized carbons (Fsp3) is 1.00. The van der Waals surface area contributed by atoms with Crippen molar-refractivity contribution in [2.45, 2.75) is 50.9 Å². The van der Waals surface area contributed by atoms with Crippen molar-refractivity contribution >= 4 is 7.12 Å². The number of rotatable bonds is 1. The molecular weight excluding hydrogens is 196 g/mol. The minimum Gasteiger partial charge on any atom is -0.401 e. The van der Waals surface area contributed by atoms with E-state index in [4.69, 9.17) is 9.31 Å². The zero-order chi connectivity index (χ0) is 11.3. The third kappa shape index (κ3) is 1.71. The first kappa shape index (κ1) is 11.4. The van der Waals surface area contributed by atoms with E-state index in [1.54, 1.807) is 0 Å². The number of hydrogen-bond donors (Lipinski definition) is 1. The van der Waals surface area contributed by atoms with Crippen LogP contribution in [0.25, 0.3) is 0 Å². The maximum absolute atomic E-state index is 14.4. The average Bonchev–Trinajstić information content (AvgIpc) is 2.58.